The first-order valence-electron chi connectivity index (χ1n) is 9.82. The van der Waals surface area contributed by atoms with Crippen molar-refractivity contribution in [1.29, 1.82) is 0 Å². The minimum atomic E-state index is 0.0813. The van der Waals surface area contributed by atoms with Crippen molar-refractivity contribution < 1.29 is 4.79 Å². The normalized spacial score (nSPS) is 17.4. The standard InChI is InChI=1S/C22H26N4O/c1-3-7-19-13-21(25(2)24-19)22(27)26-11-6-10-18(15-26)20-12-16-8-4-5-9-17(16)14-23-20/h4-5,8-9,12-14,18H,3,6-7,10-11,15H2,1-2H3/t18-/m0/s1. The van der Waals surface area contributed by atoms with Gasteiger partial charge in [0, 0.05) is 43.3 Å². The highest BCUT2D eigenvalue weighted by molar-refractivity contribution is 5.92. The molecule has 1 aliphatic rings. The summed E-state index contributed by atoms with van der Waals surface area (Å²) in [4.78, 5) is 19.7. The highest BCUT2D eigenvalue weighted by atomic mass is 16.2. The van der Waals surface area contributed by atoms with Gasteiger partial charge in [-0.05, 0) is 36.8 Å². The summed E-state index contributed by atoms with van der Waals surface area (Å²) in [5, 5.41) is 6.85. The molecule has 1 aliphatic heterocycles. The minimum Gasteiger partial charge on any atom is -0.337 e. The summed E-state index contributed by atoms with van der Waals surface area (Å²) < 4.78 is 1.73. The van der Waals surface area contributed by atoms with Crippen molar-refractivity contribution in [2.75, 3.05) is 13.1 Å². The fourth-order valence-electron chi connectivity index (χ4n) is 3.99. The van der Waals surface area contributed by atoms with Gasteiger partial charge in [0.2, 0.25) is 0 Å². The summed E-state index contributed by atoms with van der Waals surface area (Å²) in [6.45, 7) is 3.65. The Morgan fingerprint density at radius 1 is 1.22 bits per heavy atom. The molecule has 1 aromatic carbocycles. The number of carbonyl (C=O) groups is 1. The molecule has 0 saturated carbocycles. The number of likely N-dealkylation sites (tertiary alicyclic amines) is 1. The molecule has 3 aromatic rings. The van der Waals surface area contributed by atoms with Gasteiger partial charge in [0.1, 0.15) is 5.69 Å². The number of nitrogens with zero attached hydrogens (tertiary/aromatic N) is 4. The van der Waals surface area contributed by atoms with Gasteiger partial charge < -0.3 is 4.90 Å². The van der Waals surface area contributed by atoms with E-state index in [-0.39, 0.29) is 11.8 Å². The number of rotatable bonds is 4. The number of benzene rings is 1. The SMILES string of the molecule is CCCc1cc(C(=O)N2CCC[C@H](c3cc4ccccc4cn3)C2)n(C)n1. The molecule has 1 saturated heterocycles. The molecule has 5 nitrogen and oxygen atoms in total. The predicted molar refractivity (Wildman–Crippen MR) is 107 cm³/mol. The third kappa shape index (κ3) is 3.59. The number of fused-ring (bicyclic) bond motifs is 1. The summed E-state index contributed by atoms with van der Waals surface area (Å²) in [6, 6.07) is 12.4. The van der Waals surface area contributed by atoms with E-state index in [0.717, 1.165) is 55.5 Å². The summed E-state index contributed by atoms with van der Waals surface area (Å²) in [7, 11) is 1.86. The molecule has 3 heterocycles. The first-order valence-corrected chi connectivity index (χ1v) is 9.82. The Morgan fingerprint density at radius 3 is 2.85 bits per heavy atom. The number of carbonyl (C=O) groups excluding carboxylic acids is 1. The van der Waals surface area contributed by atoms with E-state index in [9.17, 15) is 4.79 Å². The van der Waals surface area contributed by atoms with Crippen molar-refractivity contribution in [3.05, 3.63) is 59.7 Å². The molecule has 4 rings (SSSR count). The predicted octanol–water partition coefficient (Wildman–Crippen LogP) is 3.94. The van der Waals surface area contributed by atoms with Crippen LogP contribution in [-0.2, 0) is 13.5 Å². The van der Waals surface area contributed by atoms with E-state index < -0.39 is 0 Å². The third-order valence-electron chi connectivity index (χ3n) is 5.43. The van der Waals surface area contributed by atoms with Crippen LogP contribution < -0.4 is 0 Å². The van der Waals surface area contributed by atoms with Crippen molar-refractivity contribution in [1.82, 2.24) is 19.7 Å². The lowest BCUT2D eigenvalue weighted by molar-refractivity contribution is 0.0695. The molecule has 27 heavy (non-hydrogen) atoms. The zero-order chi connectivity index (χ0) is 18.8. The van der Waals surface area contributed by atoms with Gasteiger partial charge >= 0.3 is 0 Å². The first-order chi connectivity index (χ1) is 13.2. The van der Waals surface area contributed by atoms with E-state index in [0.29, 0.717) is 5.69 Å². The molecule has 0 bridgehead atoms. The van der Waals surface area contributed by atoms with Crippen LogP contribution in [0.15, 0.2) is 42.6 Å². The van der Waals surface area contributed by atoms with Gasteiger partial charge in [-0.2, -0.15) is 5.10 Å². The fraction of sp³-hybridized carbons (Fsp3) is 0.409. The molecule has 140 valence electrons. The average molecular weight is 362 g/mol. The molecule has 0 N–H and O–H groups in total. The zero-order valence-electron chi connectivity index (χ0n) is 16.1. The van der Waals surface area contributed by atoms with Crippen LogP contribution in [0.4, 0.5) is 0 Å². The Morgan fingerprint density at radius 2 is 2.04 bits per heavy atom. The number of piperidine rings is 1. The second kappa shape index (κ2) is 7.51. The molecule has 5 heteroatoms. The lowest BCUT2D eigenvalue weighted by Crippen LogP contribution is -2.40. The smallest absolute Gasteiger partial charge is 0.272 e. The van der Waals surface area contributed by atoms with Crippen LogP contribution in [0.1, 0.15) is 54.0 Å². The Balaban J connectivity index is 1.54. The number of aryl methyl sites for hydroxylation is 2. The lowest BCUT2D eigenvalue weighted by Gasteiger charge is -2.32. The largest absolute Gasteiger partial charge is 0.337 e. The number of hydrogen-bond acceptors (Lipinski definition) is 3. The van der Waals surface area contributed by atoms with Crippen molar-refractivity contribution in [3.8, 4) is 0 Å². The monoisotopic (exact) mass is 362 g/mol. The molecule has 0 unspecified atom stereocenters. The maximum absolute atomic E-state index is 13.1. The zero-order valence-corrected chi connectivity index (χ0v) is 16.1. The maximum atomic E-state index is 13.1. The molecular formula is C22H26N4O. The van der Waals surface area contributed by atoms with Crippen molar-refractivity contribution in [3.63, 3.8) is 0 Å². The van der Waals surface area contributed by atoms with Crippen molar-refractivity contribution >= 4 is 16.7 Å². The van der Waals surface area contributed by atoms with E-state index in [1.807, 2.05) is 30.3 Å². The summed E-state index contributed by atoms with van der Waals surface area (Å²) in [6.07, 6.45) is 5.96. The summed E-state index contributed by atoms with van der Waals surface area (Å²) in [5.74, 6) is 0.369. The van der Waals surface area contributed by atoms with E-state index in [1.165, 1.54) is 5.39 Å². The van der Waals surface area contributed by atoms with Gasteiger partial charge in [-0.1, -0.05) is 37.6 Å². The average Bonchev–Trinajstić information content (AvgIpc) is 3.07. The van der Waals surface area contributed by atoms with Crippen LogP contribution in [0.5, 0.6) is 0 Å². The molecule has 0 aliphatic carbocycles. The van der Waals surface area contributed by atoms with Gasteiger partial charge in [0.25, 0.3) is 5.91 Å². The minimum absolute atomic E-state index is 0.0813. The molecular weight excluding hydrogens is 336 g/mol. The van der Waals surface area contributed by atoms with Crippen LogP contribution in [-0.4, -0.2) is 38.7 Å². The summed E-state index contributed by atoms with van der Waals surface area (Å²) in [5.41, 5.74) is 2.77. The number of pyridine rings is 1. The quantitative estimate of drug-likeness (QED) is 0.706. The fourth-order valence-corrected chi connectivity index (χ4v) is 3.99. The van der Waals surface area contributed by atoms with Gasteiger partial charge in [0.05, 0.1) is 5.69 Å². The van der Waals surface area contributed by atoms with E-state index in [1.54, 1.807) is 4.68 Å². The number of aromatic nitrogens is 3. The van der Waals surface area contributed by atoms with Gasteiger partial charge in [0.15, 0.2) is 0 Å². The summed E-state index contributed by atoms with van der Waals surface area (Å²) >= 11 is 0. The van der Waals surface area contributed by atoms with Crippen LogP contribution in [0.3, 0.4) is 0 Å². The topological polar surface area (TPSA) is 51.0 Å². The van der Waals surface area contributed by atoms with Crippen LogP contribution in [0.2, 0.25) is 0 Å². The number of amides is 1. The van der Waals surface area contributed by atoms with Crippen molar-refractivity contribution in [2.45, 2.75) is 38.5 Å². The Hall–Kier alpha value is -2.69. The van der Waals surface area contributed by atoms with Gasteiger partial charge in [-0.15, -0.1) is 0 Å². The van der Waals surface area contributed by atoms with Crippen LogP contribution >= 0.6 is 0 Å². The van der Waals surface area contributed by atoms with Crippen LogP contribution in [0.25, 0.3) is 10.8 Å². The Kier molecular flexibility index (Phi) is 4.92. The second-order valence-electron chi connectivity index (χ2n) is 7.44. The van der Waals surface area contributed by atoms with Crippen molar-refractivity contribution in [2.24, 2.45) is 7.05 Å². The lowest BCUT2D eigenvalue weighted by atomic mass is 9.93. The first kappa shape index (κ1) is 17.7. The van der Waals surface area contributed by atoms with Gasteiger partial charge in [-0.3, -0.25) is 14.5 Å². The Bertz CT molecular complexity index is 962. The highest BCUT2D eigenvalue weighted by Gasteiger charge is 2.28. The number of hydrogen-bond donors (Lipinski definition) is 0. The van der Waals surface area contributed by atoms with E-state index in [4.69, 9.17) is 0 Å². The third-order valence-corrected chi connectivity index (χ3v) is 5.43. The van der Waals surface area contributed by atoms with Gasteiger partial charge in [-0.25, -0.2) is 0 Å². The Labute approximate surface area is 160 Å². The van der Waals surface area contributed by atoms with Crippen LogP contribution in [0, 0.1) is 0 Å². The highest BCUT2D eigenvalue weighted by Crippen LogP contribution is 2.28. The molecule has 0 spiro atoms. The molecule has 0 radical (unpaired) electrons. The van der Waals surface area contributed by atoms with E-state index in [2.05, 4.69) is 41.3 Å². The molecule has 1 atom stereocenters. The second-order valence-corrected chi connectivity index (χ2v) is 7.44. The molecule has 1 amide bonds. The molecule has 2 aromatic heterocycles. The maximum Gasteiger partial charge on any atom is 0.272 e. The van der Waals surface area contributed by atoms with E-state index >= 15 is 0 Å². The molecule has 1 fully saturated rings.